The van der Waals surface area contributed by atoms with Gasteiger partial charge in [-0.3, -0.25) is 4.90 Å². The van der Waals surface area contributed by atoms with Crippen molar-refractivity contribution in [1.29, 1.82) is 0 Å². The van der Waals surface area contributed by atoms with Crippen molar-refractivity contribution in [2.24, 2.45) is 10.9 Å². The highest BCUT2D eigenvalue weighted by molar-refractivity contribution is 14.0. The number of halogens is 1. The van der Waals surface area contributed by atoms with E-state index < -0.39 is 0 Å². The Balaban J connectivity index is 0.00000363. The first-order valence-electron chi connectivity index (χ1n) is 11.8. The average molecular weight is 560 g/mol. The molecule has 0 amide bonds. The number of likely N-dealkylation sites (N-methyl/N-ethyl adjacent to an activating group) is 1. The summed E-state index contributed by atoms with van der Waals surface area (Å²) in [5.41, 5.74) is 2.32. The van der Waals surface area contributed by atoms with Gasteiger partial charge in [0.1, 0.15) is 5.75 Å². The Labute approximate surface area is 211 Å². The Morgan fingerprint density at radius 1 is 1.25 bits per heavy atom. The van der Waals surface area contributed by atoms with Crippen molar-refractivity contribution in [2.45, 2.75) is 39.8 Å². The number of piperazine rings is 1. The molecule has 0 spiro atoms. The van der Waals surface area contributed by atoms with Gasteiger partial charge in [0, 0.05) is 63.4 Å². The first-order valence-corrected chi connectivity index (χ1v) is 11.8. The van der Waals surface area contributed by atoms with E-state index in [2.05, 4.69) is 66.5 Å². The van der Waals surface area contributed by atoms with Gasteiger partial charge >= 0.3 is 0 Å². The Bertz CT molecular complexity index is 704. The highest BCUT2D eigenvalue weighted by atomic mass is 127. The molecule has 2 heterocycles. The largest absolute Gasteiger partial charge is 0.493 e. The van der Waals surface area contributed by atoms with Crippen LogP contribution in [0.3, 0.4) is 0 Å². The molecule has 2 aliphatic heterocycles. The van der Waals surface area contributed by atoms with Crippen LogP contribution in [0.2, 0.25) is 0 Å². The monoisotopic (exact) mass is 559 g/mol. The molecule has 3 rings (SSSR count). The van der Waals surface area contributed by atoms with E-state index in [0.717, 1.165) is 76.2 Å². The Kier molecular flexibility index (Phi) is 12.1. The lowest BCUT2D eigenvalue weighted by molar-refractivity contribution is 0.120. The Morgan fingerprint density at radius 2 is 2.03 bits per heavy atom. The van der Waals surface area contributed by atoms with Gasteiger partial charge in [0.2, 0.25) is 0 Å². The lowest BCUT2D eigenvalue weighted by Gasteiger charge is -2.36. The minimum atomic E-state index is 0. The fourth-order valence-electron chi connectivity index (χ4n) is 3.99. The number of hydrogen-bond donors (Lipinski definition) is 2. The third-order valence-corrected chi connectivity index (χ3v) is 6.20. The minimum absolute atomic E-state index is 0. The van der Waals surface area contributed by atoms with Gasteiger partial charge in [-0.1, -0.05) is 12.1 Å². The third-order valence-electron chi connectivity index (χ3n) is 6.20. The normalized spacial score (nSPS) is 21.1. The number of nitrogens with one attached hydrogen (secondary N) is 2. The zero-order valence-corrected chi connectivity index (χ0v) is 22.6. The molecule has 0 aliphatic carbocycles. The zero-order valence-electron chi connectivity index (χ0n) is 20.2. The predicted molar refractivity (Wildman–Crippen MR) is 142 cm³/mol. The van der Waals surface area contributed by atoms with Crippen LogP contribution in [0, 0.1) is 12.8 Å². The van der Waals surface area contributed by atoms with E-state index in [-0.39, 0.29) is 24.0 Å². The molecule has 2 unspecified atom stereocenters. The number of rotatable bonds is 9. The minimum Gasteiger partial charge on any atom is -0.493 e. The van der Waals surface area contributed by atoms with Crippen molar-refractivity contribution in [3.05, 3.63) is 29.3 Å². The average Bonchev–Trinajstić information content (AvgIpc) is 3.29. The molecule has 0 bridgehead atoms. The highest BCUT2D eigenvalue weighted by Gasteiger charge is 2.19. The van der Waals surface area contributed by atoms with Gasteiger partial charge in [0.05, 0.1) is 19.8 Å². The summed E-state index contributed by atoms with van der Waals surface area (Å²) in [6.45, 7) is 15.7. The molecule has 1 aromatic rings. The molecular weight excluding hydrogens is 517 g/mol. The molecule has 2 N–H and O–H groups in total. The van der Waals surface area contributed by atoms with Crippen LogP contribution >= 0.6 is 24.0 Å². The Hall–Kier alpha value is -1.10. The summed E-state index contributed by atoms with van der Waals surface area (Å²) in [4.78, 5) is 9.79. The SMILES string of the molecule is CCNC(=NCc1ccc(C)cc1OCC1CCOC1)NCC(C)N1CCN(C)CC1.I. The summed E-state index contributed by atoms with van der Waals surface area (Å²) in [6.07, 6.45) is 1.08. The van der Waals surface area contributed by atoms with Gasteiger partial charge in [-0.25, -0.2) is 4.99 Å². The molecule has 32 heavy (non-hydrogen) atoms. The highest BCUT2D eigenvalue weighted by Crippen LogP contribution is 2.23. The molecule has 0 aromatic heterocycles. The van der Waals surface area contributed by atoms with Crippen molar-refractivity contribution >= 4 is 29.9 Å². The second-order valence-electron chi connectivity index (χ2n) is 8.92. The van der Waals surface area contributed by atoms with Gasteiger partial charge in [0.15, 0.2) is 5.96 Å². The van der Waals surface area contributed by atoms with Gasteiger partial charge < -0.3 is 25.0 Å². The van der Waals surface area contributed by atoms with Crippen LogP contribution in [0.15, 0.2) is 23.2 Å². The van der Waals surface area contributed by atoms with Gasteiger partial charge in [-0.05, 0) is 45.9 Å². The number of guanidine groups is 1. The lowest BCUT2D eigenvalue weighted by Crippen LogP contribution is -2.52. The molecule has 2 atom stereocenters. The second-order valence-corrected chi connectivity index (χ2v) is 8.92. The van der Waals surface area contributed by atoms with E-state index in [4.69, 9.17) is 14.5 Å². The van der Waals surface area contributed by atoms with E-state index in [0.29, 0.717) is 25.1 Å². The number of hydrogen-bond acceptors (Lipinski definition) is 5. The number of aliphatic imine (C=N–C) groups is 1. The van der Waals surface area contributed by atoms with Crippen LogP contribution in [0.5, 0.6) is 5.75 Å². The summed E-state index contributed by atoms with van der Waals surface area (Å²) >= 11 is 0. The maximum atomic E-state index is 6.18. The molecule has 1 aromatic carbocycles. The van der Waals surface area contributed by atoms with E-state index in [1.807, 2.05) is 0 Å². The van der Waals surface area contributed by atoms with E-state index in [9.17, 15) is 0 Å². The molecule has 2 fully saturated rings. The molecule has 0 radical (unpaired) electrons. The summed E-state index contributed by atoms with van der Waals surface area (Å²) < 4.78 is 11.7. The van der Waals surface area contributed by atoms with Crippen molar-refractivity contribution in [2.75, 3.05) is 66.1 Å². The first kappa shape index (κ1) is 27.1. The van der Waals surface area contributed by atoms with Crippen molar-refractivity contribution < 1.29 is 9.47 Å². The van der Waals surface area contributed by atoms with Crippen LogP contribution in [0.4, 0.5) is 0 Å². The molecule has 2 saturated heterocycles. The van der Waals surface area contributed by atoms with Gasteiger partial charge in [-0.15, -0.1) is 24.0 Å². The van der Waals surface area contributed by atoms with Crippen LogP contribution in [-0.4, -0.2) is 87.9 Å². The summed E-state index contributed by atoms with van der Waals surface area (Å²) in [6, 6.07) is 6.86. The number of ether oxygens (including phenoxy) is 2. The fourth-order valence-corrected chi connectivity index (χ4v) is 3.99. The molecular formula is C24H42IN5O2. The van der Waals surface area contributed by atoms with Gasteiger partial charge in [0.25, 0.3) is 0 Å². The maximum absolute atomic E-state index is 6.18. The lowest BCUT2D eigenvalue weighted by atomic mass is 10.1. The van der Waals surface area contributed by atoms with Crippen molar-refractivity contribution in [3.63, 3.8) is 0 Å². The first-order chi connectivity index (χ1) is 15.0. The van der Waals surface area contributed by atoms with E-state index in [1.54, 1.807) is 0 Å². The van der Waals surface area contributed by atoms with Crippen LogP contribution < -0.4 is 15.4 Å². The van der Waals surface area contributed by atoms with Crippen molar-refractivity contribution in [1.82, 2.24) is 20.4 Å². The zero-order chi connectivity index (χ0) is 22.1. The fraction of sp³-hybridized carbons (Fsp3) is 0.708. The number of aryl methyl sites for hydroxylation is 1. The maximum Gasteiger partial charge on any atom is 0.191 e. The smallest absolute Gasteiger partial charge is 0.191 e. The standard InChI is InChI=1S/C24H41N5O2.HI/c1-5-25-24(26-15-20(3)29-11-9-28(4)10-12-29)27-16-22-7-6-19(2)14-23(22)31-18-21-8-13-30-17-21;/h6-7,14,20-21H,5,8-13,15-18H2,1-4H3,(H2,25,26,27);1H. The van der Waals surface area contributed by atoms with E-state index >= 15 is 0 Å². The summed E-state index contributed by atoms with van der Waals surface area (Å²) in [5, 5.41) is 6.91. The quantitative estimate of drug-likeness (QED) is 0.276. The van der Waals surface area contributed by atoms with E-state index in [1.165, 1.54) is 5.56 Å². The third kappa shape index (κ3) is 8.68. The van der Waals surface area contributed by atoms with Crippen molar-refractivity contribution in [3.8, 4) is 5.75 Å². The molecule has 0 saturated carbocycles. The summed E-state index contributed by atoms with van der Waals surface area (Å²) in [7, 11) is 2.20. The topological polar surface area (TPSA) is 61.4 Å². The molecule has 2 aliphatic rings. The predicted octanol–water partition coefficient (Wildman–Crippen LogP) is 2.72. The van der Waals surface area contributed by atoms with Crippen LogP contribution in [0.1, 0.15) is 31.4 Å². The Morgan fingerprint density at radius 3 is 2.72 bits per heavy atom. The number of nitrogens with zero attached hydrogens (tertiary/aromatic N) is 3. The van der Waals surface area contributed by atoms with Crippen LogP contribution in [0.25, 0.3) is 0 Å². The second kappa shape index (κ2) is 14.2. The summed E-state index contributed by atoms with van der Waals surface area (Å²) in [5.74, 6) is 2.29. The molecule has 182 valence electrons. The number of benzene rings is 1. The molecule has 8 heteroatoms. The van der Waals surface area contributed by atoms with Crippen LogP contribution in [-0.2, 0) is 11.3 Å². The molecule has 7 nitrogen and oxygen atoms in total. The van der Waals surface area contributed by atoms with Gasteiger partial charge in [-0.2, -0.15) is 0 Å².